The van der Waals surface area contributed by atoms with Crippen molar-refractivity contribution in [2.75, 3.05) is 15.5 Å². The van der Waals surface area contributed by atoms with Gasteiger partial charge >= 0.3 is 0 Å². The topological polar surface area (TPSA) is 107 Å². The Balaban J connectivity index is 1.67. The highest BCUT2D eigenvalue weighted by atomic mass is 35.5. The quantitative estimate of drug-likeness (QED) is 0.672. The molecule has 8 nitrogen and oxygen atoms in total. The molecule has 0 saturated carbocycles. The maximum Gasteiger partial charge on any atom is 0.258 e. The van der Waals surface area contributed by atoms with Crippen molar-refractivity contribution in [3.63, 3.8) is 0 Å². The Hall–Kier alpha value is -2.87. The van der Waals surface area contributed by atoms with Crippen molar-refractivity contribution in [1.29, 1.82) is 0 Å². The zero-order chi connectivity index (χ0) is 22.3. The number of benzene rings is 1. The van der Waals surface area contributed by atoms with Gasteiger partial charge in [-0.15, -0.1) is 0 Å². The molecule has 31 heavy (non-hydrogen) atoms. The summed E-state index contributed by atoms with van der Waals surface area (Å²) in [6.07, 6.45) is 3.00. The van der Waals surface area contributed by atoms with Crippen LogP contribution in [0.2, 0.25) is 5.02 Å². The molecule has 3 N–H and O–H groups in total. The second kappa shape index (κ2) is 8.34. The summed E-state index contributed by atoms with van der Waals surface area (Å²) in [5, 5.41) is 5.97. The fourth-order valence-electron chi connectivity index (χ4n) is 4.44. The summed E-state index contributed by atoms with van der Waals surface area (Å²) in [4.78, 5) is 47.9. The molecule has 0 spiro atoms. The minimum absolute atomic E-state index is 0.126. The number of rotatable bonds is 3. The van der Waals surface area contributed by atoms with Crippen molar-refractivity contribution in [2.24, 2.45) is 0 Å². The van der Waals surface area contributed by atoms with Crippen molar-refractivity contribution in [3.05, 3.63) is 44.7 Å². The minimum atomic E-state index is -0.940. The maximum atomic E-state index is 13.0. The van der Waals surface area contributed by atoms with Crippen LogP contribution >= 0.6 is 11.6 Å². The average molecular weight is 444 g/mol. The molecule has 9 heteroatoms. The molecule has 0 aliphatic carbocycles. The van der Waals surface area contributed by atoms with E-state index in [-0.39, 0.29) is 35.8 Å². The number of piperidine rings is 1. The number of hydrogen-bond donors (Lipinski definition) is 3. The van der Waals surface area contributed by atoms with Crippen LogP contribution in [0.25, 0.3) is 0 Å². The van der Waals surface area contributed by atoms with Gasteiger partial charge in [0.05, 0.1) is 11.5 Å². The second-order valence-corrected chi connectivity index (χ2v) is 8.85. The summed E-state index contributed by atoms with van der Waals surface area (Å²) in [6, 6.07) is 5.60. The molecular weight excluding hydrogens is 418 g/mol. The standard InChI is InChI=1S/C22H26ClN5O3/c1-11-7-8-14(9-16(11)23)24-20(30)15-10-17(29)25-19-18(15)21(31)27-22(26-19)28-12(2)5-4-6-13(28)3/h7-9,12-13,15H,4-6,10H2,1-3H3,(H,24,30)(H2,25,26,27,29,31). The first-order valence-corrected chi connectivity index (χ1v) is 10.9. The van der Waals surface area contributed by atoms with E-state index in [2.05, 4.69) is 39.3 Å². The van der Waals surface area contributed by atoms with Crippen LogP contribution in [0, 0.1) is 6.92 Å². The van der Waals surface area contributed by atoms with Gasteiger partial charge in [-0.1, -0.05) is 17.7 Å². The fourth-order valence-corrected chi connectivity index (χ4v) is 4.62. The highest BCUT2D eigenvalue weighted by Gasteiger charge is 2.36. The molecular formula is C22H26ClN5O3. The van der Waals surface area contributed by atoms with Crippen molar-refractivity contribution in [2.45, 2.75) is 64.5 Å². The third kappa shape index (κ3) is 4.17. The van der Waals surface area contributed by atoms with Gasteiger partial charge in [0.15, 0.2) is 0 Å². The van der Waals surface area contributed by atoms with E-state index in [4.69, 9.17) is 11.6 Å². The molecule has 3 unspecified atom stereocenters. The van der Waals surface area contributed by atoms with E-state index in [1.165, 1.54) is 0 Å². The van der Waals surface area contributed by atoms with Crippen molar-refractivity contribution < 1.29 is 9.59 Å². The number of hydrogen-bond acceptors (Lipinski definition) is 5. The van der Waals surface area contributed by atoms with Crippen LogP contribution < -0.4 is 21.1 Å². The lowest BCUT2D eigenvalue weighted by Gasteiger charge is -2.39. The fraction of sp³-hybridized carbons (Fsp3) is 0.455. The van der Waals surface area contributed by atoms with Gasteiger partial charge in [0.2, 0.25) is 17.8 Å². The number of carbonyl (C=O) groups excluding carboxylic acids is 2. The molecule has 2 amide bonds. The summed E-state index contributed by atoms with van der Waals surface area (Å²) in [5.74, 6) is -1.16. The van der Waals surface area contributed by atoms with Crippen molar-refractivity contribution in [3.8, 4) is 0 Å². The number of fused-ring (bicyclic) bond motifs is 1. The first-order valence-electron chi connectivity index (χ1n) is 10.5. The van der Waals surface area contributed by atoms with E-state index in [1.54, 1.807) is 18.2 Å². The van der Waals surface area contributed by atoms with E-state index in [0.29, 0.717) is 16.7 Å². The Morgan fingerprint density at radius 3 is 2.61 bits per heavy atom. The number of H-pyrrole nitrogens is 1. The maximum absolute atomic E-state index is 13.0. The lowest BCUT2D eigenvalue weighted by molar-refractivity contribution is -0.123. The number of halogens is 1. The average Bonchev–Trinajstić information content (AvgIpc) is 2.69. The Morgan fingerprint density at radius 1 is 1.23 bits per heavy atom. The zero-order valence-electron chi connectivity index (χ0n) is 17.8. The van der Waals surface area contributed by atoms with Gasteiger partial charge < -0.3 is 15.5 Å². The zero-order valence-corrected chi connectivity index (χ0v) is 18.5. The Kier molecular flexibility index (Phi) is 5.75. The second-order valence-electron chi connectivity index (χ2n) is 8.45. The molecule has 2 aliphatic heterocycles. The van der Waals surface area contributed by atoms with Crippen LogP contribution in [0.4, 0.5) is 17.5 Å². The molecule has 4 rings (SSSR count). The van der Waals surface area contributed by atoms with Gasteiger partial charge in [0, 0.05) is 29.2 Å². The van der Waals surface area contributed by atoms with Gasteiger partial charge in [-0.3, -0.25) is 19.4 Å². The Bertz CT molecular complexity index is 1090. The first kappa shape index (κ1) is 21.4. The smallest absolute Gasteiger partial charge is 0.258 e. The highest BCUT2D eigenvalue weighted by molar-refractivity contribution is 6.31. The summed E-state index contributed by atoms with van der Waals surface area (Å²) in [6.45, 7) is 6.05. The third-order valence-electron chi connectivity index (χ3n) is 6.13. The van der Waals surface area contributed by atoms with Gasteiger partial charge in [-0.05, 0) is 57.7 Å². The lowest BCUT2D eigenvalue weighted by atomic mass is 9.92. The van der Waals surface area contributed by atoms with Crippen LogP contribution in [0.1, 0.15) is 56.6 Å². The molecule has 164 valence electrons. The van der Waals surface area contributed by atoms with E-state index in [9.17, 15) is 14.4 Å². The monoisotopic (exact) mass is 443 g/mol. The van der Waals surface area contributed by atoms with Crippen LogP contribution in [0.15, 0.2) is 23.0 Å². The molecule has 2 aromatic rings. The van der Waals surface area contributed by atoms with Gasteiger partial charge in [0.1, 0.15) is 5.82 Å². The number of amides is 2. The minimum Gasteiger partial charge on any atom is -0.337 e. The van der Waals surface area contributed by atoms with E-state index in [1.807, 2.05) is 6.92 Å². The number of nitrogens with zero attached hydrogens (tertiary/aromatic N) is 2. The number of carbonyl (C=O) groups is 2. The van der Waals surface area contributed by atoms with E-state index in [0.717, 1.165) is 24.8 Å². The number of aromatic amines is 1. The summed E-state index contributed by atoms with van der Waals surface area (Å²) in [7, 11) is 0. The number of anilines is 3. The molecule has 3 atom stereocenters. The molecule has 1 aromatic carbocycles. The molecule has 3 heterocycles. The number of aryl methyl sites for hydroxylation is 1. The van der Waals surface area contributed by atoms with Gasteiger partial charge in [-0.25, -0.2) is 0 Å². The molecule has 0 radical (unpaired) electrons. The number of aromatic nitrogens is 2. The van der Waals surface area contributed by atoms with Crippen molar-refractivity contribution >= 4 is 40.9 Å². The van der Waals surface area contributed by atoms with E-state index < -0.39 is 17.4 Å². The Labute approximate surface area is 185 Å². The predicted molar refractivity (Wildman–Crippen MR) is 121 cm³/mol. The van der Waals surface area contributed by atoms with Crippen LogP contribution in [0.5, 0.6) is 0 Å². The normalized spacial score (nSPS) is 23.2. The largest absolute Gasteiger partial charge is 0.337 e. The molecule has 0 bridgehead atoms. The molecule has 1 saturated heterocycles. The van der Waals surface area contributed by atoms with Crippen LogP contribution in [-0.4, -0.2) is 33.9 Å². The summed E-state index contributed by atoms with van der Waals surface area (Å²) >= 11 is 6.14. The third-order valence-corrected chi connectivity index (χ3v) is 6.54. The van der Waals surface area contributed by atoms with Crippen LogP contribution in [0.3, 0.4) is 0 Å². The summed E-state index contributed by atoms with van der Waals surface area (Å²) in [5.41, 5.74) is 1.16. The Morgan fingerprint density at radius 2 is 1.94 bits per heavy atom. The molecule has 2 aliphatic rings. The van der Waals surface area contributed by atoms with Crippen molar-refractivity contribution in [1.82, 2.24) is 9.97 Å². The lowest BCUT2D eigenvalue weighted by Crippen LogP contribution is -2.46. The number of nitrogens with one attached hydrogen (secondary N) is 3. The SMILES string of the molecule is Cc1ccc(NC(=O)C2CC(=O)Nc3nc(N4C(C)CCCC4C)[nH]c(=O)c32)cc1Cl. The predicted octanol–water partition coefficient (Wildman–Crippen LogP) is 3.56. The van der Waals surface area contributed by atoms with Gasteiger partial charge in [0.25, 0.3) is 5.56 Å². The first-order chi connectivity index (χ1) is 14.7. The van der Waals surface area contributed by atoms with Gasteiger partial charge in [-0.2, -0.15) is 4.98 Å². The highest BCUT2D eigenvalue weighted by Crippen LogP contribution is 2.33. The molecule has 1 fully saturated rings. The van der Waals surface area contributed by atoms with E-state index >= 15 is 0 Å². The molecule has 1 aromatic heterocycles. The van der Waals surface area contributed by atoms with Crippen LogP contribution in [-0.2, 0) is 9.59 Å². The summed E-state index contributed by atoms with van der Waals surface area (Å²) < 4.78 is 0.